The van der Waals surface area contributed by atoms with Gasteiger partial charge in [-0.1, -0.05) is 0 Å². The summed E-state index contributed by atoms with van der Waals surface area (Å²) in [6.45, 7) is 1.38. The second-order valence-corrected chi connectivity index (χ2v) is 2.91. The molecule has 0 bridgehead atoms. The summed E-state index contributed by atoms with van der Waals surface area (Å²) >= 11 is 0. The summed E-state index contributed by atoms with van der Waals surface area (Å²) in [6, 6.07) is 1.77. The normalized spacial score (nSPS) is 10.0. The van der Waals surface area contributed by atoms with Crippen LogP contribution in [0.5, 0.6) is 0 Å². The highest BCUT2D eigenvalue weighted by atomic mass is 16.1. The number of hydrogen-bond donors (Lipinski definition) is 2. The number of carbonyl (C=O) groups excluding carboxylic acids is 1. The van der Waals surface area contributed by atoms with Crippen LogP contribution in [0.1, 0.15) is 18.7 Å². The number of nitrogens with zero attached hydrogens (tertiary/aromatic N) is 2. The molecule has 0 saturated carbocycles. The largest absolute Gasteiger partial charge is 0.370 e. The van der Waals surface area contributed by atoms with E-state index < -0.39 is 0 Å². The van der Waals surface area contributed by atoms with Crippen molar-refractivity contribution >= 4 is 5.91 Å². The van der Waals surface area contributed by atoms with E-state index in [0.717, 1.165) is 18.8 Å². The van der Waals surface area contributed by atoms with E-state index in [1.807, 2.05) is 0 Å². The van der Waals surface area contributed by atoms with E-state index in [0.29, 0.717) is 13.0 Å². The fourth-order valence-electron chi connectivity index (χ4n) is 1.01. The number of rotatable bonds is 6. The molecule has 0 aliphatic rings. The van der Waals surface area contributed by atoms with Crippen molar-refractivity contribution in [1.29, 1.82) is 0 Å². The summed E-state index contributed by atoms with van der Waals surface area (Å²) in [6.07, 6.45) is 4.58. The van der Waals surface area contributed by atoms with Crippen LogP contribution in [0.25, 0.3) is 0 Å². The number of nitrogens with one attached hydrogen (secondary N) is 1. The molecular formula is C9H14N4O. The van der Waals surface area contributed by atoms with Gasteiger partial charge in [-0.15, -0.1) is 0 Å². The minimum absolute atomic E-state index is 0.261. The third-order valence-electron chi connectivity index (χ3n) is 1.68. The number of carbonyl (C=O) groups is 1. The van der Waals surface area contributed by atoms with Crippen molar-refractivity contribution in [3.63, 3.8) is 0 Å². The van der Waals surface area contributed by atoms with Gasteiger partial charge in [0.25, 0.3) is 0 Å². The van der Waals surface area contributed by atoms with Crippen molar-refractivity contribution in [3.8, 4) is 0 Å². The van der Waals surface area contributed by atoms with Crippen LogP contribution in [-0.2, 0) is 11.3 Å². The van der Waals surface area contributed by atoms with E-state index in [4.69, 9.17) is 5.73 Å². The smallest absolute Gasteiger partial charge is 0.217 e. The molecule has 0 aliphatic heterocycles. The SMILES string of the molecule is NC(=O)CCCNCc1ncccn1. The zero-order chi connectivity index (χ0) is 10.2. The van der Waals surface area contributed by atoms with E-state index in [2.05, 4.69) is 15.3 Å². The van der Waals surface area contributed by atoms with E-state index in [1.165, 1.54) is 0 Å². The van der Waals surface area contributed by atoms with Crippen LogP contribution in [0.2, 0.25) is 0 Å². The van der Waals surface area contributed by atoms with Crippen molar-refractivity contribution in [2.75, 3.05) is 6.54 Å². The first-order valence-corrected chi connectivity index (χ1v) is 4.54. The highest BCUT2D eigenvalue weighted by molar-refractivity contribution is 5.73. The molecule has 0 unspecified atom stereocenters. The Morgan fingerprint density at radius 1 is 1.43 bits per heavy atom. The van der Waals surface area contributed by atoms with Crippen molar-refractivity contribution in [2.45, 2.75) is 19.4 Å². The van der Waals surface area contributed by atoms with E-state index in [9.17, 15) is 4.79 Å². The molecule has 14 heavy (non-hydrogen) atoms. The number of aromatic nitrogens is 2. The predicted octanol–water partition coefficient (Wildman–Crippen LogP) is -0.168. The van der Waals surface area contributed by atoms with Gasteiger partial charge < -0.3 is 11.1 Å². The number of nitrogens with two attached hydrogens (primary N) is 1. The molecule has 0 spiro atoms. The molecule has 76 valence electrons. The molecule has 0 radical (unpaired) electrons. The summed E-state index contributed by atoms with van der Waals surface area (Å²) in [5.41, 5.74) is 4.99. The van der Waals surface area contributed by atoms with Crippen molar-refractivity contribution in [3.05, 3.63) is 24.3 Å². The van der Waals surface area contributed by atoms with E-state index >= 15 is 0 Å². The summed E-state index contributed by atoms with van der Waals surface area (Å²) in [7, 11) is 0. The monoisotopic (exact) mass is 194 g/mol. The van der Waals surface area contributed by atoms with Crippen LogP contribution in [0.4, 0.5) is 0 Å². The van der Waals surface area contributed by atoms with Crippen LogP contribution < -0.4 is 11.1 Å². The van der Waals surface area contributed by atoms with Crippen LogP contribution in [0, 0.1) is 0 Å². The topological polar surface area (TPSA) is 80.9 Å². The Labute approximate surface area is 82.7 Å². The number of primary amides is 1. The Hall–Kier alpha value is -1.49. The zero-order valence-corrected chi connectivity index (χ0v) is 7.94. The van der Waals surface area contributed by atoms with Gasteiger partial charge in [-0.2, -0.15) is 0 Å². The molecule has 0 aromatic carbocycles. The Morgan fingerprint density at radius 2 is 2.14 bits per heavy atom. The molecule has 0 saturated heterocycles. The Morgan fingerprint density at radius 3 is 2.79 bits per heavy atom. The first-order chi connectivity index (χ1) is 6.79. The maximum absolute atomic E-state index is 10.4. The van der Waals surface area contributed by atoms with Gasteiger partial charge in [0.05, 0.1) is 6.54 Å². The van der Waals surface area contributed by atoms with Gasteiger partial charge in [0.15, 0.2) is 0 Å². The van der Waals surface area contributed by atoms with Gasteiger partial charge >= 0.3 is 0 Å². The molecule has 1 aromatic rings. The van der Waals surface area contributed by atoms with Crippen molar-refractivity contribution < 1.29 is 4.79 Å². The van der Waals surface area contributed by atoms with Crippen LogP contribution in [0.15, 0.2) is 18.5 Å². The first-order valence-electron chi connectivity index (χ1n) is 4.54. The quantitative estimate of drug-likeness (QED) is 0.616. The minimum Gasteiger partial charge on any atom is -0.370 e. The Bertz CT molecular complexity index is 275. The Balaban J connectivity index is 2.08. The average molecular weight is 194 g/mol. The average Bonchev–Trinajstić information content (AvgIpc) is 2.18. The fourth-order valence-corrected chi connectivity index (χ4v) is 1.01. The summed E-state index contributed by atoms with van der Waals surface area (Å²) in [5, 5.41) is 3.12. The summed E-state index contributed by atoms with van der Waals surface area (Å²) in [5.74, 6) is 0.495. The van der Waals surface area contributed by atoms with Gasteiger partial charge in [0.2, 0.25) is 5.91 Å². The second kappa shape index (κ2) is 6.04. The number of amides is 1. The lowest BCUT2D eigenvalue weighted by Crippen LogP contribution is -2.19. The molecule has 1 aromatic heterocycles. The molecule has 0 atom stereocenters. The molecule has 3 N–H and O–H groups in total. The van der Waals surface area contributed by atoms with E-state index in [-0.39, 0.29) is 5.91 Å². The van der Waals surface area contributed by atoms with Gasteiger partial charge in [-0.05, 0) is 19.0 Å². The zero-order valence-electron chi connectivity index (χ0n) is 7.94. The van der Waals surface area contributed by atoms with E-state index in [1.54, 1.807) is 18.5 Å². The third-order valence-corrected chi connectivity index (χ3v) is 1.68. The first kappa shape index (κ1) is 10.6. The van der Waals surface area contributed by atoms with Crippen LogP contribution >= 0.6 is 0 Å². The molecular weight excluding hydrogens is 180 g/mol. The number of hydrogen-bond acceptors (Lipinski definition) is 4. The maximum Gasteiger partial charge on any atom is 0.217 e. The fraction of sp³-hybridized carbons (Fsp3) is 0.444. The minimum atomic E-state index is -0.261. The maximum atomic E-state index is 10.4. The second-order valence-electron chi connectivity index (χ2n) is 2.91. The summed E-state index contributed by atoms with van der Waals surface area (Å²) in [4.78, 5) is 18.5. The molecule has 5 nitrogen and oxygen atoms in total. The lowest BCUT2D eigenvalue weighted by atomic mass is 10.3. The molecule has 0 aliphatic carbocycles. The van der Waals surface area contributed by atoms with Crippen LogP contribution in [-0.4, -0.2) is 22.4 Å². The highest BCUT2D eigenvalue weighted by Gasteiger charge is 1.95. The molecule has 0 fully saturated rings. The van der Waals surface area contributed by atoms with Crippen molar-refractivity contribution in [2.24, 2.45) is 5.73 Å². The standard InChI is InChI=1S/C9H14N4O/c10-8(14)3-1-4-11-7-9-12-5-2-6-13-9/h2,5-6,11H,1,3-4,7H2,(H2,10,14). The lowest BCUT2D eigenvalue weighted by Gasteiger charge is -2.01. The summed E-state index contributed by atoms with van der Waals surface area (Å²) < 4.78 is 0. The van der Waals surface area contributed by atoms with Crippen LogP contribution in [0.3, 0.4) is 0 Å². The molecule has 1 heterocycles. The van der Waals surface area contributed by atoms with Gasteiger partial charge in [0.1, 0.15) is 5.82 Å². The lowest BCUT2D eigenvalue weighted by molar-refractivity contribution is -0.118. The van der Waals surface area contributed by atoms with Gasteiger partial charge in [-0.3, -0.25) is 4.79 Å². The van der Waals surface area contributed by atoms with Gasteiger partial charge in [-0.25, -0.2) is 9.97 Å². The molecule has 1 rings (SSSR count). The molecule has 5 heteroatoms. The van der Waals surface area contributed by atoms with Gasteiger partial charge in [0, 0.05) is 18.8 Å². The predicted molar refractivity (Wildman–Crippen MR) is 52.2 cm³/mol. The highest BCUT2D eigenvalue weighted by Crippen LogP contribution is 1.88. The third kappa shape index (κ3) is 4.51. The molecule has 1 amide bonds. The van der Waals surface area contributed by atoms with Crippen molar-refractivity contribution in [1.82, 2.24) is 15.3 Å². The Kier molecular flexibility index (Phi) is 4.57.